The molecule has 3 rings (SSSR count). The SMILES string of the molecule is COc1ccc2oc(C(=O)O[C@H](C)C(=O)NC3CC3)c(C)c2c1. The Hall–Kier alpha value is -2.50. The molecule has 1 saturated carbocycles. The van der Waals surface area contributed by atoms with Gasteiger partial charge in [-0.25, -0.2) is 4.79 Å². The highest BCUT2D eigenvalue weighted by Gasteiger charge is 2.28. The van der Waals surface area contributed by atoms with Crippen molar-refractivity contribution in [1.82, 2.24) is 5.32 Å². The van der Waals surface area contributed by atoms with Crippen LogP contribution in [0.3, 0.4) is 0 Å². The molecule has 0 bridgehead atoms. The van der Waals surface area contributed by atoms with E-state index in [1.54, 1.807) is 39.2 Å². The molecule has 23 heavy (non-hydrogen) atoms. The van der Waals surface area contributed by atoms with Crippen LogP contribution < -0.4 is 10.1 Å². The van der Waals surface area contributed by atoms with Crippen molar-refractivity contribution in [3.63, 3.8) is 0 Å². The molecular formula is C17H19NO5. The summed E-state index contributed by atoms with van der Waals surface area (Å²) < 4.78 is 16.0. The van der Waals surface area contributed by atoms with Crippen LogP contribution in [-0.4, -0.2) is 31.1 Å². The fourth-order valence-electron chi connectivity index (χ4n) is 2.34. The van der Waals surface area contributed by atoms with Gasteiger partial charge in [-0.1, -0.05) is 0 Å². The van der Waals surface area contributed by atoms with Gasteiger partial charge in [0.05, 0.1) is 7.11 Å². The molecule has 1 aliphatic carbocycles. The molecule has 0 saturated heterocycles. The molecule has 1 atom stereocenters. The molecule has 122 valence electrons. The number of hydrogen-bond donors (Lipinski definition) is 1. The van der Waals surface area contributed by atoms with Crippen LogP contribution in [0.15, 0.2) is 22.6 Å². The lowest BCUT2D eigenvalue weighted by Gasteiger charge is -2.12. The van der Waals surface area contributed by atoms with Gasteiger partial charge >= 0.3 is 5.97 Å². The minimum atomic E-state index is -0.856. The molecule has 1 amide bonds. The van der Waals surface area contributed by atoms with E-state index < -0.39 is 12.1 Å². The Labute approximate surface area is 133 Å². The summed E-state index contributed by atoms with van der Waals surface area (Å²) in [6, 6.07) is 5.52. The quantitative estimate of drug-likeness (QED) is 0.858. The second kappa shape index (κ2) is 5.95. The molecule has 1 aromatic carbocycles. The molecule has 0 spiro atoms. The number of nitrogens with one attached hydrogen (secondary N) is 1. The fraction of sp³-hybridized carbons (Fsp3) is 0.412. The van der Waals surface area contributed by atoms with E-state index in [2.05, 4.69) is 5.32 Å². The van der Waals surface area contributed by atoms with E-state index in [-0.39, 0.29) is 17.7 Å². The van der Waals surface area contributed by atoms with E-state index in [4.69, 9.17) is 13.9 Å². The Morgan fingerprint density at radius 1 is 1.35 bits per heavy atom. The van der Waals surface area contributed by atoms with Crippen molar-refractivity contribution in [2.75, 3.05) is 7.11 Å². The summed E-state index contributed by atoms with van der Waals surface area (Å²) in [5.41, 5.74) is 1.24. The maximum atomic E-state index is 12.3. The van der Waals surface area contributed by atoms with Crippen LogP contribution in [0.25, 0.3) is 11.0 Å². The van der Waals surface area contributed by atoms with Gasteiger partial charge in [-0.15, -0.1) is 0 Å². The zero-order chi connectivity index (χ0) is 16.6. The number of aryl methyl sites for hydroxylation is 1. The molecule has 0 aliphatic heterocycles. The predicted octanol–water partition coefficient (Wildman–Crippen LogP) is 2.57. The smallest absolute Gasteiger partial charge is 0.375 e. The number of furan rings is 1. The Balaban J connectivity index is 1.77. The summed E-state index contributed by atoms with van der Waals surface area (Å²) in [6.45, 7) is 3.33. The Bertz CT molecular complexity index is 760. The zero-order valence-electron chi connectivity index (χ0n) is 13.3. The second-order valence-electron chi connectivity index (χ2n) is 5.75. The van der Waals surface area contributed by atoms with E-state index in [9.17, 15) is 9.59 Å². The number of methoxy groups -OCH3 is 1. The fourth-order valence-corrected chi connectivity index (χ4v) is 2.34. The maximum absolute atomic E-state index is 12.3. The Morgan fingerprint density at radius 2 is 2.09 bits per heavy atom. The normalized spacial score (nSPS) is 15.3. The summed E-state index contributed by atoms with van der Waals surface area (Å²) >= 11 is 0. The van der Waals surface area contributed by atoms with Gasteiger partial charge in [0, 0.05) is 17.0 Å². The number of rotatable bonds is 5. The lowest BCUT2D eigenvalue weighted by molar-refractivity contribution is -0.129. The molecule has 1 fully saturated rings. The number of carbonyl (C=O) groups is 2. The highest BCUT2D eigenvalue weighted by atomic mass is 16.6. The Kier molecular flexibility index (Phi) is 3.98. The summed E-state index contributed by atoms with van der Waals surface area (Å²) in [4.78, 5) is 24.1. The van der Waals surface area contributed by atoms with E-state index in [1.807, 2.05) is 0 Å². The standard InChI is InChI=1S/C17H19NO5/c1-9-13-8-12(21-3)6-7-14(13)23-15(9)17(20)22-10(2)16(19)18-11-4-5-11/h6-8,10-11H,4-5H2,1-3H3,(H,18,19)/t10-/m1/s1. The largest absolute Gasteiger partial charge is 0.497 e. The van der Waals surface area contributed by atoms with Gasteiger partial charge in [0.15, 0.2) is 6.10 Å². The van der Waals surface area contributed by atoms with E-state index in [0.29, 0.717) is 16.9 Å². The van der Waals surface area contributed by atoms with Gasteiger partial charge in [-0.3, -0.25) is 4.79 Å². The van der Waals surface area contributed by atoms with Gasteiger partial charge in [-0.2, -0.15) is 0 Å². The molecular weight excluding hydrogens is 298 g/mol. The second-order valence-corrected chi connectivity index (χ2v) is 5.75. The monoisotopic (exact) mass is 317 g/mol. The summed E-state index contributed by atoms with van der Waals surface area (Å²) in [7, 11) is 1.58. The van der Waals surface area contributed by atoms with Gasteiger partial charge in [0.1, 0.15) is 11.3 Å². The van der Waals surface area contributed by atoms with Crippen LogP contribution in [0.1, 0.15) is 35.9 Å². The highest BCUT2D eigenvalue weighted by molar-refractivity contribution is 5.97. The van der Waals surface area contributed by atoms with Gasteiger partial charge in [0.25, 0.3) is 5.91 Å². The van der Waals surface area contributed by atoms with E-state index in [0.717, 1.165) is 18.2 Å². The van der Waals surface area contributed by atoms with Crippen molar-refractivity contribution < 1.29 is 23.5 Å². The molecule has 6 heteroatoms. The molecule has 1 heterocycles. The minimum absolute atomic E-state index is 0.110. The third-order valence-electron chi connectivity index (χ3n) is 3.91. The third kappa shape index (κ3) is 3.16. The first kappa shape index (κ1) is 15.4. The number of benzene rings is 1. The average Bonchev–Trinajstić information content (AvgIpc) is 3.29. The minimum Gasteiger partial charge on any atom is -0.497 e. The van der Waals surface area contributed by atoms with Gasteiger partial charge in [0.2, 0.25) is 5.76 Å². The maximum Gasteiger partial charge on any atom is 0.375 e. The van der Waals surface area contributed by atoms with Crippen molar-refractivity contribution in [2.45, 2.75) is 38.8 Å². The lowest BCUT2D eigenvalue weighted by atomic mass is 10.1. The van der Waals surface area contributed by atoms with Crippen molar-refractivity contribution in [1.29, 1.82) is 0 Å². The number of hydrogen-bond acceptors (Lipinski definition) is 5. The molecule has 1 N–H and O–H groups in total. The molecule has 1 aromatic heterocycles. The highest BCUT2D eigenvalue weighted by Crippen LogP contribution is 2.29. The molecule has 2 aromatic rings. The van der Waals surface area contributed by atoms with Crippen molar-refractivity contribution in [2.24, 2.45) is 0 Å². The predicted molar refractivity (Wildman–Crippen MR) is 83.5 cm³/mol. The van der Waals surface area contributed by atoms with Gasteiger partial charge < -0.3 is 19.2 Å². The van der Waals surface area contributed by atoms with Gasteiger partial charge in [-0.05, 0) is 44.9 Å². The molecule has 1 aliphatic rings. The molecule has 6 nitrogen and oxygen atoms in total. The number of amides is 1. The zero-order valence-corrected chi connectivity index (χ0v) is 13.3. The third-order valence-corrected chi connectivity index (χ3v) is 3.91. The Morgan fingerprint density at radius 3 is 2.74 bits per heavy atom. The first-order chi connectivity index (χ1) is 11.0. The molecule has 0 unspecified atom stereocenters. The summed E-state index contributed by atoms with van der Waals surface area (Å²) in [5.74, 6) is -0.134. The van der Waals surface area contributed by atoms with Crippen molar-refractivity contribution in [3.8, 4) is 5.75 Å². The van der Waals surface area contributed by atoms with Crippen LogP contribution in [0.2, 0.25) is 0 Å². The first-order valence-electron chi connectivity index (χ1n) is 7.58. The topological polar surface area (TPSA) is 77.8 Å². The lowest BCUT2D eigenvalue weighted by Crippen LogP contribution is -2.37. The van der Waals surface area contributed by atoms with E-state index in [1.165, 1.54) is 0 Å². The first-order valence-corrected chi connectivity index (χ1v) is 7.58. The number of carbonyl (C=O) groups excluding carboxylic acids is 2. The van der Waals surface area contributed by atoms with Crippen LogP contribution in [0.5, 0.6) is 5.75 Å². The number of ether oxygens (including phenoxy) is 2. The van der Waals surface area contributed by atoms with Crippen LogP contribution in [0, 0.1) is 6.92 Å². The van der Waals surface area contributed by atoms with Crippen LogP contribution in [-0.2, 0) is 9.53 Å². The average molecular weight is 317 g/mol. The van der Waals surface area contributed by atoms with Crippen molar-refractivity contribution in [3.05, 3.63) is 29.5 Å². The van der Waals surface area contributed by atoms with E-state index >= 15 is 0 Å². The number of esters is 1. The number of fused-ring (bicyclic) bond motifs is 1. The van der Waals surface area contributed by atoms with Crippen molar-refractivity contribution >= 4 is 22.8 Å². The van der Waals surface area contributed by atoms with Crippen LogP contribution >= 0.6 is 0 Å². The summed E-state index contributed by atoms with van der Waals surface area (Å²) in [6.07, 6.45) is 1.11. The summed E-state index contributed by atoms with van der Waals surface area (Å²) in [5, 5.41) is 3.59. The van der Waals surface area contributed by atoms with Crippen LogP contribution in [0.4, 0.5) is 0 Å². The molecule has 0 radical (unpaired) electrons.